The molecule has 0 heterocycles. The summed E-state index contributed by atoms with van der Waals surface area (Å²) in [6.07, 6.45) is 1.49. The molecule has 0 bridgehead atoms. The fourth-order valence-corrected chi connectivity index (χ4v) is 1.89. The molecule has 0 aliphatic carbocycles. The summed E-state index contributed by atoms with van der Waals surface area (Å²) >= 11 is 5.80. The molecule has 0 aromatic heterocycles. The van der Waals surface area contributed by atoms with Crippen LogP contribution in [-0.4, -0.2) is 18.0 Å². The van der Waals surface area contributed by atoms with Crippen LogP contribution in [0.15, 0.2) is 53.6 Å². The summed E-state index contributed by atoms with van der Waals surface area (Å²) in [6, 6.07) is 14.1. The minimum Gasteiger partial charge on any atom is -0.318 e. The van der Waals surface area contributed by atoms with Crippen LogP contribution in [0.5, 0.6) is 0 Å². The molecule has 0 radical (unpaired) electrons. The van der Waals surface area contributed by atoms with Crippen molar-refractivity contribution < 1.29 is 9.59 Å². The van der Waals surface area contributed by atoms with Gasteiger partial charge in [-0.2, -0.15) is 5.10 Å². The summed E-state index contributed by atoms with van der Waals surface area (Å²) in [5, 5.41) is 6.67. The summed E-state index contributed by atoms with van der Waals surface area (Å²) in [5.74, 6) is -1.67. The Bertz CT molecular complexity index is 729. The molecule has 0 fully saturated rings. The minimum absolute atomic E-state index is 0.440. The molecule has 22 heavy (non-hydrogen) atoms. The normalized spacial score (nSPS) is 10.5. The van der Waals surface area contributed by atoms with Gasteiger partial charge >= 0.3 is 11.8 Å². The van der Waals surface area contributed by atoms with Crippen LogP contribution in [0.2, 0.25) is 5.02 Å². The second kappa shape index (κ2) is 7.38. The zero-order valence-corrected chi connectivity index (χ0v) is 12.6. The molecular formula is C16H14ClN3O2. The first-order valence-corrected chi connectivity index (χ1v) is 6.89. The molecule has 2 aromatic rings. The molecule has 2 aromatic carbocycles. The monoisotopic (exact) mass is 315 g/mol. The maximum Gasteiger partial charge on any atom is 0.329 e. The zero-order chi connectivity index (χ0) is 15.9. The number of hydrazone groups is 1. The van der Waals surface area contributed by atoms with Crippen molar-refractivity contribution in [2.24, 2.45) is 5.10 Å². The first kappa shape index (κ1) is 15.7. The van der Waals surface area contributed by atoms with Crippen LogP contribution in [0.1, 0.15) is 11.1 Å². The SMILES string of the molecule is Cc1ccccc1/C=N\NC(=O)C(=O)Nc1cccc(Cl)c1. The highest BCUT2D eigenvalue weighted by atomic mass is 35.5. The van der Waals surface area contributed by atoms with Crippen LogP contribution in [0.3, 0.4) is 0 Å². The van der Waals surface area contributed by atoms with Gasteiger partial charge in [0.15, 0.2) is 0 Å². The highest BCUT2D eigenvalue weighted by Gasteiger charge is 2.12. The number of hydrogen-bond acceptors (Lipinski definition) is 3. The Morgan fingerprint density at radius 1 is 1.09 bits per heavy atom. The minimum atomic E-state index is -0.857. The van der Waals surface area contributed by atoms with Crippen LogP contribution in [0.25, 0.3) is 0 Å². The quantitative estimate of drug-likeness (QED) is 0.519. The van der Waals surface area contributed by atoms with Crippen LogP contribution < -0.4 is 10.7 Å². The molecule has 0 saturated carbocycles. The molecule has 2 rings (SSSR count). The maximum absolute atomic E-state index is 11.7. The Morgan fingerprint density at radius 3 is 2.59 bits per heavy atom. The van der Waals surface area contributed by atoms with Gasteiger partial charge in [0.1, 0.15) is 0 Å². The van der Waals surface area contributed by atoms with E-state index in [1.165, 1.54) is 6.21 Å². The van der Waals surface area contributed by atoms with Gasteiger partial charge in [-0.3, -0.25) is 9.59 Å². The van der Waals surface area contributed by atoms with Gasteiger partial charge in [0.05, 0.1) is 6.21 Å². The van der Waals surface area contributed by atoms with E-state index in [4.69, 9.17) is 11.6 Å². The molecule has 0 atom stereocenters. The van der Waals surface area contributed by atoms with Crippen molar-refractivity contribution in [3.63, 3.8) is 0 Å². The van der Waals surface area contributed by atoms with E-state index < -0.39 is 11.8 Å². The van der Waals surface area contributed by atoms with Gasteiger partial charge in [-0.15, -0.1) is 0 Å². The molecule has 5 nitrogen and oxygen atoms in total. The number of anilines is 1. The van der Waals surface area contributed by atoms with Crippen molar-refractivity contribution in [2.45, 2.75) is 6.92 Å². The predicted octanol–water partition coefficient (Wildman–Crippen LogP) is 2.74. The van der Waals surface area contributed by atoms with Gasteiger partial charge in [0.25, 0.3) is 0 Å². The zero-order valence-electron chi connectivity index (χ0n) is 11.8. The first-order valence-electron chi connectivity index (χ1n) is 6.52. The predicted molar refractivity (Wildman–Crippen MR) is 87.0 cm³/mol. The van der Waals surface area contributed by atoms with Crippen LogP contribution in [0, 0.1) is 6.92 Å². The standard InChI is InChI=1S/C16H14ClN3O2/c1-11-5-2-3-6-12(11)10-18-20-16(22)15(21)19-14-8-4-7-13(17)9-14/h2-10H,1H3,(H,19,21)(H,20,22)/b18-10-. The summed E-state index contributed by atoms with van der Waals surface area (Å²) in [4.78, 5) is 23.3. The van der Waals surface area contributed by atoms with Gasteiger partial charge in [0.2, 0.25) is 0 Å². The summed E-state index contributed by atoms with van der Waals surface area (Å²) in [5.41, 5.74) is 4.50. The smallest absolute Gasteiger partial charge is 0.318 e. The Labute approximate surface area is 133 Å². The van der Waals surface area contributed by atoms with E-state index in [1.54, 1.807) is 24.3 Å². The van der Waals surface area contributed by atoms with E-state index in [1.807, 2.05) is 31.2 Å². The average Bonchev–Trinajstić information content (AvgIpc) is 2.49. The number of nitrogens with one attached hydrogen (secondary N) is 2. The van der Waals surface area contributed by atoms with E-state index in [0.717, 1.165) is 11.1 Å². The lowest BCUT2D eigenvalue weighted by molar-refractivity contribution is -0.136. The lowest BCUT2D eigenvalue weighted by atomic mass is 10.1. The van der Waals surface area contributed by atoms with Crippen LogP contribution in [-0.2, 0) is 9.59 Å². The van der Waals surface area contributed by atoms with Crippen molar-refractivity contribution in [1.29, 1.82) is 0 Å². The second-order valence-electron chi connectivity index (χ2n) is 4.52. The molecule has 0 saturated heterocycles. The van der Waals surface area contributed by atoms with E-state index in [0.29, 0.717) is 10.7 Å². The molecule has 2 N–H and O–H groups in total. The van der Waals surface area contributed by atoms with Gasteiger partial charge in [-0.05, 0) is 36.2 Å². The largest absolute Gasteiger partial charge is 0.329 e. The van der Waals surface area contributed by atoms with Gasteiger partial charge in [-0.1, -0.05) is 41.9 Å². The molecule has 0 unspecified atom stereocenters. The molecule has 0 aliphatic rings. The fourth-order valence-electron chi connectivity index (χ4n) is 1.70. The van der Waals surface area contributed by atoms with Crippen molar-refractivity contribution in [1.82, 2.24) is 5.43 Å². The number of carbonyl (C=O) groups is 2. The third-order valence-electron chi connectivity index (χ3n) is 2.85. The van der Waals surface area contributed by atoms with E-state index >= 15 is 0 Å². The van der Waals surface area contributed by atoms with Crippen molar-refractivity contribution in [2.75, 3.05) is 5.32 Å². The van der Waals surface area contributed by atoms with Crippen molar-refractivity contribution >= 4 is 35.3 Å². The third-order valence-corrected chi connectivity index (χ3v) is 3.08. The van der Waals surface area contributed by atoms with Gasteiger partial charge < -0.3 is 5.32 Å². The van der Waals surface area contributed by atoms with Crippen LogP contribution in [0.4, 0.5) is 5.69 Å². The third kappa shape index (κ3) is 4.43. The molecule has 112 valence electrons. The number of rotatable bonds is 3. The molecule has 2 amide bonds. The maximum atomic E-state index is 11.7. The molecular weight excluding hydrogens is 302 g/mol. The summed E-state index contributed by atoms with van der Waals surface area (Å²) in [7, 11) is 0. The van der Waals surface area contributed by atoms with Crippen LogP contribution >= 0.6 is 11.6 Å². The lowest BCUT2D eigenvalue weighted by Crippen LogP contribution is -2.32. The van der Waals surface area contributed by atoms with Crippen molar-refractivity contribution in [3.8, 4) is 0 Å². The first-order chi connectivity index (χ1) is 10.6. The number of carbonyl (C=O) groups excluding carboxylic acids is 2. The van der Waals surface area contributed by atoms with E-state index in [-0.39, 0.29) is 0 Å². The Kier molecular flexibility index (Phi) is 5.27. The number of aryl methyl sites for hydroxylation is 1. The number of benzene rings is 2. The topological polar surface area (TPSA) is 70.6 Å². The number of nitrogens with zero attached hydrogens (tertiary/aromatic N) is 1. The highest BCUT2D eigenvalue weighted by Crippen LogP contribution is 2.14. The second-order valence-corrected chi connectivity index (χ2v) is 4.96. The van der Waals surface area contributed by atoms with Gasteiger partial charge in [-0.25, -0.2) is 5.43 Å². The Morgan fingerprint density at radius 2 is 1.86 bits per heavy atom. The molecule has 6 heteroatoms. The highest BCUT2D eigenvalue weighted by molar-refractivity contribution is 6.39. The van der Waals surface area contributed by atoms with E-state index in [2.05, 4.69) is 15.8 Å². The fraction of sp³-hybridized carbons (Fsp3) is 0.0625. The number of hydrogen-bond donors (Lipinski definition) is 2. The lowest BCUT2D eigenvalue weighted by Gasteiger charge is -2.04. The Balaban J connectivity index is 1.92. The average molecular weight is 316 g/mol. The Hall–Kier alpha value is -2.66. The van der Waals surface area contributed by atoms with E-state index in [9.17, 15) is 9.59 Å². The number of halogens is 1. The molecule has 0 spiro atoms. The number of amides is 2. The van der Waals surface area contributed by atoms with Gasteiger partial charge in [0, 0.05) is 10.7 Å². The molecule has 0 aliphatic heterocycles. The summed E-state index contributed by atoms with van der Waals surface area (Å²) < 4.78 is 0. The van der Waals surface area contributed by atoms with Crippen molar-refractivity contribution in [3.05, 3.63) is 64.7 Å². The summed E-state index contributed by atoms with van der Waals surface area (Å²) in [6.45, 7) is 1.93.